The number of rotatable bonds is 4. The number of likely N-dealkylation sites (N-methyl/N-ethyl adjacent to an activating group) is 1. The first-order chi connectivity index (χ1) is 4.48. The molecule has 2 nitrogen and oxygen atoms in total. The van der Waals surface area contributed by atoms with Gasteiger partial charge >= 0.3 is 0 Å². The molecule has 0 unspecified atom stereocenters. The fourth-order valence-corrected chi connectivity index (χ4v) is 0.548. The van der Waals surface area contributed by atoms with E-state index in [1.54, 1.807) is 0 Å². The summed E-state index contributed by atoms with van der Waals surface area (Å²) in [7, 11) is 1.99. The third-order valence-electron chi connectivity index (χ3n) is 1.63. The van der Waals surface area contributed by atoms with Gasteiger partial charge in [-0.05, 0) is 20.9 Å². The Labute approximate surface area is 64.4 Å². The van der Waals surface area contributed by atoms with Gasteiger partial charge in [-0.1, -0.05) is 13.8 Å². The van der Waals surface area contributed by atoms with Crippen molar-refractivity contribution in [2.24, 2.45) is 0 Å². The molecule has 0 aromatic heterocycles. The summed E-state index contributed by atoms with van der Waals surface area (Å²) in [4.78, 5) is 0. The quantitative estimate of drug-likeness (QED) is 0.614. The molecule has 0 aromatic carbocycles. The molecule has 0 fully saturated rings. The van der Waals surface area contributed by atoms with Crippen LogP contribution in [0.15, 0.2) is 0 Å². The maximum absolute atomic E-state index is 3.37. The van der Waals surface area contributed by atoms with Crippen LogP contribution in [0, 0.1) is 0 Å². The van der Waals surface area contributed by atoms with Crippen LogP contribution in [0.3, 0.4) is 0 Å². The molecule has 2 heteroatoms. The van der Waals surface area contributed by atoms with Gasteiger partial charge in [0.15, 0.2) is 0 Å². The molecule has 0 bridgehead atoms. The number of hydrogen-bond donors (Lipinski definition) is 2. The predicted octanol–water partition coefficient (Wildman–Crippen LogP) is 0.982. The zero-order chi connectivity index (χ0) is 8.20. The van der Waals surface area contributed by atoms with E-state index >= 15 is 0 Å². The van der Waals surface area contributed by atoms with Gasteiger partial charge in [0, 0.05) is 18.1 Å². The first kappa shape index (κ1) is 9.92. The smallest absolute Gasteiger partial charge is 0.0246 e. The Morgan fingerprint density at radius 2 is 1.80 bits per heavy atom. The molecule has 0 aliphatic carbocycles. The molecular formula is C8H20N2. The van der Waals surface area contributed by atoms with Crippen LogP contribution in [0.25, 0.3) is 0 Å². The van der Waals surface area contributed by atoms with Crippen LogP contribution in [-0.4, -0.2) is 25.2 Å². The third-order valence-corrected chi connectivity index (χ3v) is 1.63. The van der Waals surface area contributed by atoms with Crippen molar-refractivity contribution in [3.63, 3.8) is 0 Å². The van der Waals surface area contributed by atoms with Crippen LogP contribution in [0.5, 0.6) is 0 Å². The summed E-state index contributed by atoms with van der Waals surface area (Å²) < 4.78 is 0. The average Bonchev–Trinajstić information content (AvgIpc) is 1.85. The van der Waals surface area contributed by atoms with Crippen molar-refractivity contribution in [3.8, 4) is 0 Å². The summed E-state index contributed by atoms with van der Waals surface area (Å²) >= 11 is 0. The fraction of sp³-hybridized carbons (Fsp3) is 1.00. The second-order valence-electron chi connectivity index (χ2n) is 3.67. The summed E-state index contributed by atoms with van der Waals surface area (Å²) in [6, 6.07) is 0.577. The van der Waals surface area contributed by atoms with E-state index in [1.165, 1.54) is 0 Å². The molecule has 0 aromatic rings. The van der Waals surface area contributed by atoms with E-state index in [1.807, 2.05) is 7.05 Å². The molecule has 0 radical (unpaired) electrons. The van der Waals surface area contributed by atoms with Crippen molar-refractivity contribution in [3.05, 3.63) is 0 Å². The highest BCUT2D eigenvalue weighted by Gasteiger charge is 2.13. The Bertz CT molecular complexity index is 87.3. The highest BCUT2D eigenvalue weighted by atomic mass is 15.0. The van der Waals surface area contributed by atoms with Crippen molar-refractivity contribution in [2.45, 2.75) is 39.3 Å². The topological polar surface area (TPSA) is 24.1 Å². The first-order valence-corrected chi connectivity index (χ1v) is 3.90. The molecule has 0 aliphatic heterocycles. The van der Waals surface area contributed by atoms with Crippen molar-refractivity contribution >= 4 is 0 Å². The maximum Gasteiger partial charge on any atom is 0.0246 e. The lowest BCUT2D eigenvalue weighted by atomic mass is 10.1. The Balaban J connectivity index is 3.46. The van der Waals surface area contributed by atoms with E-state index < -0.39 is 0 Å². The molecule has 0 heterocycles. The Hall–Kier alpha value is -0.0800. The van der Waals surface area contributed by atoms with Crippen molar-refractivity contribution in [2.75, 3.05) is 13.6 Å². The Morgan fingerprint density at radius 1 is 1.30 bits per heavy atom. The van der Waals surface area contributed by atoms with Crippen LogP contribution >= 0.6 is 0 Å². The normalized spacial score (nSPS) is 12.6. The summed E-state index contributed by atoms with van der Waals surface area (Å²) in [5.41, 5.74) is 0.213. The summed E-state index contributed by atoms with van der Waals surface area (Å²) in [5.74, 6) is 0. The lowest BCUT2D eigenvalue weighted by Crippen LogP contribution is -2.47. The second-order valence-corrected chi connectivity index (χ2v) is 3.67. The minimum atomic E-state index is 0.213. The number of nitrogens with one attached hydrogen (secondary N) is 2. The van der Waals surface area contributed by atoms with Gasteiger partial charge in [-0.2, -0.15) is 0 Å². The van der Waals surface area contributed by atoms with Gasteiger partial charge in [0.25, 0.3) is 0 Å². The van der Waals surface area contributed by atoms with E-state index in [-0.39, 0.29) is 5.54 Å². The Morgan fingerprint density at radius 3 is 2.10 bits per heavy atom. The van der Waals surface area contributed by atoms with Crippen molar-refractivity contribution in [1.82, 2.24) is 10.6 Å². The van der Waals surface area contributed by atoms with Crippen molar-refractivity contribution < 1.29 is 0 Å². The first-order valence-electron chi connectivity index (χ1n) is 3.90. The molecule has 0 saturated carbocycles. The monoisotopic (exact) mass is 144 g/mol. The van der Waals surface area contributed by atoms with E-state index in [4.69, 9.17) is 0 Å². The molecule has 2 N–H and O–H groups in total. The van der Waals surface area contributed by atoms with Gasteiger partial charge in [-0.3, -0.25) is 0 Å². The lowest BCUT2D eigenvalue weighted by Gasteiger charge is -2.25. The van der Waals surface area contributed by atoms with Gasteiger partial charge in [0.2, 0.25) is 0 Å². The fourth-order valence-electron chi connectivity index (χ4n) is 0.548. The highest BCUT2D eigenvalue weighted by Crippen LogP contribution is 1.97. The molecule has 62 valence electrons. The standard InChI is InChI=1S/C8H20N2/c1-7(2)10-6-8(3,4)9-5/h7,9-10H,6H2,1-5H3. The summed E-state index contributed by atoms with van der Waals surface area (Å²) in [5, 5.41) is 6.61. The van der Waals surface area contributed by atoms with Crippen LogP contribution in [0.4, 0.5) is 0 Å². The molecule has 0 spiro atoms. The molecule has 0 rings (SSSR count). The largest absolute Gasteiger partial charge is 0.314 e. The van der Waals surface area contributed by atoms with Gasteiger partial charge in [0.05, 0.1) is 0 Å². The minimum Gasteiger partial charge on any atom is -0.314 e. The number of hydrogen-bond acceptors (Lipinski definition) is 2. The minimum absolute atomic E-state index is 0.213. The van der Waals surface area contributed by atoms with E-state index in [9.17, 15) is 0 Å². The average molecular weight is 144 g/mol. The zero-order valence-corrected chi connectivity index (χ0v) is 7.78. The van der Waals surface area contributed by atoms with E-state index in [0.29, 0.717) is 6.04 Å². The Kier molecular flexibility index (Phi) is 3.91. The molecule has 10 heavy (non-hydrogen) atoms. The van der Waals surface area contributed by atoms with E-state index in [2.05, 4.69) is 38.3 Å². The maximum atomic E-state index is 3.37. The second kappa shape index (κ2) is 3.94. The van der Waals surface area contributed by atoms with Crippen LogP contribution in [0.2, 0.25) is 0 Å². The van der Waals surface area contributed by atoms with Gasteiger partial charge < -0.3 is 10.6 Å². The molecule has 0 amide bonds. The molecule has 0 aliphatic rings. The zero-order valence-electron chi connectivity index (χ0n) is 7.78. The van der Waals surface area contributed by atoms with Crippen LogP contribution < -0.4 is 10.6 Å². The van der Waals surface area contributed by atoms with E-state index in [0.717, 1.165) is 6.54 Å². The SMILES string of the molecule is CNC(C)(C)CNC(C)C. The van der Waals surface area contributed by atoms with Gasteiger partial charge in [0.1, 0.15) is 0 Å². The predicted molar refractivity (Wildman–Crippen MR) is 46.3 cm³/mol. The summed E-state index contributed by atoms with van der Waals surface area (Å²) in [6.45, 7) is 9.70. The third kappa shape index (κ3) is 4.77. The van der Waals surface area contributed by atoms with Gasteiger partial charge in [-0.25, -0.2) is 0 Å². The van der Waals surface area contributed by atoms with Crippen molar-refractivity contribution in [1.29, 1.82) is 0 Å². The van der Waals surface area contributed by atoms with Crippen LogP contribution in [0.1, 0.15) is 27.7 Å². The molecular weight excluding hydrogens is 124 g/mol. The lowest BCUT2D eigenvalue weighted by molar-refractivity contribution is 0.378. The summed E-state index contributed by atoms with van der Waals surface area (Å²) in [6.07, 6.45) is 0. The molecule has 0 saturated heterocycles. The van der Waals surface area contributed by atoms with Gasteiger partial charge in [-0.15, -0.1) is 0 Å². The molecule has 0 atom stereocenters. The van der Waals surface area contributed by atoms with Crippen LogP contribution in [-0.2, 0) is 0 Å². The highest BCUT2D eigenvalue weighted by molar-refractivity contribution is 4.78.